The zero-order valence-electron chi connectivity index (χ0n) is 9.32. The second kappa shape index (κ2) is 3.00. The number of hydrogen-bond donors (Lipinski definition) is 0. The largest absolute Gasteiger partial charge is 0.371 e. The van der Waals surface area contributed by atoms with E-state index in [1.165, 1.54) is 42.4 Å². The summed E-state index contributed by atoms with van der Waals surface area (Å²) in [6.45, 7) is 2.51. The van der Waals surface area contributed by atoms with Crippen molar-refractivity contribution in [2.24, 2.45) is 0 Å². The van der Waals surface area contributed by atoms with Crippen LogP contribution in [-0.4, -0.2) is 13.1 Å². The number of fused-ring (bicyclic) bond motifs is 6. The van der Waals surface area contributed by atoms with E-state index in [4.69, 9.17) is 0 Å². The van der Waals surface area contributed by atoms with Gasteiger partial charge in [0.1, 0.15) is 0 Å². The van der Waals surface area contributed by atoms with Crippen LogP contribution in [0.4, 0.5) is 5.69 Å². The van der Waals surface area contributed by atoms with Crippen molar-refractivity contribution in [1.29, 1.82) is 0 Å². The Morgan fingerprint density at radius 2 is 1.88 bits per heavy atom. The molecule has 2 bridgehead atoms. The maximum absolute atomic E-state index is 2.57. The number of rotatable bonds is 0. The van der Waals surface area contributed by atoms with Crippen LogP contribution in [0.5, 0.6) is 0 Å². The Hall–Kier alpha value is -1.50. The van der Waals surface area contributed by atoms with Gasteiger partial charge < -0.3 is 4.90 Å². The standard InChI is InChI=1S/C15H15N/c1-2-5-12-9-15-14(8-11(12)4-1)13-6-3-7-16(15)10-13/h1-2,4-5,8-9,13H,3,6-7,10H2. The van der Waals surface area contributed by atoms with Gasteiger partial charge >= 0.3 is 0 Å². The minimum absolute atomic E-state index is 0.799. The smallest absolute Gasteiger partial charge is 0.0408 e. The van der Waals surface area contributed by atoms with Gasteiger partial charge in [-0.05, 0) is 41.3 Å². The van der Waals surface area contributed by atoms with Gasteiger partial charge in [-0.3, -0.25) is 0 Å². The molecule has 1 atom stereocenters. The number of benzene rings is 2. The van der Waals surface area contributed by atoms with Crippen molar-refractivity contribution in [2.45, 2.75) is 18.8 Å². The van der Waals surface area contributed by atoms with Crippen molar-refractivity contribution < 1.29 is 0 Å². The van der Waals surface area contributed by atoms with E-state index < -0.39 is 0 Å². The van der Waals surface area contributed by atoms with Crippen LogP contribution in [0.15, 0.2) is 36.4 Å². The Labute approximate surface area is 95.7 Å². The summed E-state index contributed by atoms with van der Waals surface area (Å²) in [5.41, 5.74) is 3.09. The zero-order chi connectivity index (χ0) is 10.5. The third-order valence-corrected chi connectivity index (χ3v) is 4.10. The van der Waals surface area contributed by atoms with Gasteiger partial charge in [0, 0.05) is 24.7 Å². The molecule has 1 fully saturated rings. The molecule has 2 aromatic rings. The molecule has 1 heteroatoms. The summed E-state index contributed by atoms with van der Waals surface area (Å²) >= 11 is 0. The Balaban J connectivity index is 2.01. The topological polar surface area (TPSA) is 3.24 Å². The molecule has 2 aliphatic heterocycles. The molecule has 4 rings (SSSR count). The van der Waals surface area contributed by atoms with Gasteiger partial charge in [-0.2, -0.15) is 0 Å². The van der Waals surface area contributed by atoms with E-state index in [1.807, 2.05) is 0 Å². The molecular weight excluding hydrogens is 194 g/mol. The fraction of sp³-hybridized carbons (Fsp3) is 0.333. The van der Waals surface area contributed by atoms with E-state index in [0.29, 0.717) is 0 Å². The molecule has 0 amide bonds. The predicted molar refractivity (Wildman–Crippen MR) is 68.1 cm³/mol. The highest BCUT2D eigenvalue weighted by atomic mass is 15.2. The Bertz CT molecular complexity index is 510. The van der Waals surface area contributed by atoms with Crippen molar-refractivity contribution in [3.05, 3.63) is 42.0 Å². The maximum atomic E-state index is 2.57. The second-order valence-corrected chi connectivity index (χ2v) is 5.04. The molecule has 0 spiro atoms. The van der Waals surface area contributed by atoms with Crippen molar-refractivity contribution in [2.75, 3.05) is 18.0 Å². The molecule has 2 aliphatic rings. The number of anilines is 1. The van der Waals surface area contributed by atoms with E-state index in [2.05, 4.69) is 41.3 Å². The molecule has 16 heavy (non-hydrogen) atoms. The van der Waals surface area contributed by atoms with Gasteiger partial charge in [0.15, 0.2) is 0 Å². The van der Waals surface area contributed by atoms with Crippen LogP contribution >= 0.6 is 0 Å². The highest BCUT2D eigenvalue weighted by molar-refractivity contribution is 5.88. The van der Waals surface area contributed by atoms with E-state index in [1.54, 1.807) is 5.56 Å². The fourth-order valence-electron chi connectivity index (χ4n) is 3.30. The molecule has 1 nitrogen and oxygen atoms in total. The van der Waals surface area contributed by atoms with Gasteiger partial charge in [0.25, 0.3) is 0 Å². The molecule has 80 valence electrons. The molecular formula is C15H15N. The lowest BCUT2D eigenvalue weighted by Gasteiger charge is -2.24. The highest BCUT2D eigenvalue weighted by Gasteiger charge is 2.31. The summed E-state index contributed by atoms with van der Waals surface area (Å²) in [6.07, 6.45) is 2.73. The van der Waals surface area contributed by atoms with Crippen LogP contribution in [0.1, 0.15) is 24.3 Å². The molecule has 2 heterocycles. The van der Waals surface area contributed by atoms with Crippen molar-refractivity contribution in [3.8, 4) is 0 Å². The van der Waals surface area contributed by atoms with Crippen LogP contribution in [0.2, 0.25) is 0 Å². The molecule has 1 unspecified atom stereocenters. The first-order valence-electron chi connectivity index (χ1n) is 6.19. The molecule has 0 saturated carbocycles. The van der Waals surface area contributed by atoms with Gasteiger partial charge in [-0.25, -0.2) is 0 Å². The van der Waals surface area contributed by atoms with Gasteiger partial charge in [-0.1, -0.05) is 24.3 Å². The monoisotopic (exact) mass is 209 g/mol. The Morgan fingerprint density at radius 3 is 2.75 bits per heavy atom. The summed E-state index contributed by atoms with van der Waals surface area (Å²) in [4.78, 5) is 2.57. The molecule has 0 radical (unpaired) electrons. The lowest BCUT2D eigenvalue weighted by Crippen LogP contribution is -2.27. The minimum atomic E-state index is 0.799. The third kappa shape index (κ3) is 1.06. The molecule has 0 aliphatic carbocycles. The van der Waals surface area contributed by atoms with E-state index in [9.17, 15) is 0 Å². The lowest BCUT2D eigenvalue weighted by molar-refractivity contribution is 0.546. The highest BCUT2D eigenvalue weighted by Crippen LogP contribution is 2.43. The summed E-state index contributed by atoms with van der Waals surface area (Å²) in [5.74, 6) is 0.799. The normalized spacial score (nSPS) is 22.5. The maximum Gasteiger partial charge on any atom is 0.0408 e. The lowest BCUT2D eigenvalue weighted by atomic mass is 9.94. The Kier molecular flexibility index (Phi) is 1.62. The SMILES string of the molecule is c1ccc2cc3c(cc2c1)C1CCCN3C1. The summed E-state index contributed by atoms with van der Waals surface area (Å²) < 4.78 is 0. The van der Waals surface area contributed by atoms with Gasteiger partial charge in [-0.15, -0.1) is 0 Å². The Morgan fingerprint density at radius 1 is 1.06 bits per heavy atom. The molecule has 0 aromatic heterocycles. The minimum Gasteiger partial charge on any atom is -0.371 e. The van der Waals surface area contributed by atoms with Gasteiger partial charge in [0.2, 0.25) is 0 Å². The van der Waals surface area contributed by atoms with E-state index in [0.717, 1.165) is 5.92 Å². The van der Waals surface area contributed by atoms with Crippen molar-refractivity contribution >= 4 is 16.5 Å². The van der Waals surface area contributed by atoms with Crippen LogP contribution in [-0.2, 0) is 0 Å². The quantitative estimate of drug-likeness (QED) is 0.641. The van der Waals surface area contributed by atoms with Gasteiger partial charge in [0.05, 0.1) is 0 Å². The van der Waals surface area contributed by atoms with Crippen LogP contribution in [0, 0.1) is 0 Å². The van der Waals surface area contributed by atoms with E-state index >= 15 is 0 Å². The number of piperidine rings is 1. The van der Waals surface area contributed by atoms with E-state index in [-0.39, 0.29) is 0 Å². The van der Waals surface area contributed by atoms with Crippen molar-refractivity contribution in [1.82, 2.24) is 0 Å². The fourth-order valence-corrected chi connectivity index (χ4v) is 3.30. The average molecular weight is 209 g/mol. The summed E-state index contributed by atoms with van der Waals surface area (Å²) in [7, 11) is 0. The van der Waals surface area contributed by atoms with Crippen LogP contribution in [0.25, 0.3) is 10.8 Å². The van der Waals surface area contributed by atoms with Crippen LogP contribution in [0.3, 0.4) is 0 Å². The predicted octanol–water partition coefficient (Wildman–Crippen LogP) is 3.54. The third-order valence-electron chi connectivity index (χ3n) is 4.10. The zero-order valence-corrected chi connectivity index (χ0v) is 9.32. The first kappa shape index (κ1) is 8.63. The van der Waals surface area contributed by atoms with Crippen molar-refractivity contribution in [3.63, 3.8) is 0 Å². The molecule has 0 N–H and O–H groups in total. The van der Waals surface area contributed by atoms with Crippen LogP contribution < -0.4 is 4.90 Å². The first-order valence-corrected chi connectivity index (χ1v) is 6.19. The average Bonchev–Trinajstić information content (AvgIpc) is 2.59. The summed E-state index contributed by atoms with van der Waals surface area (Å²) in [6, 6.07) is 13.5. The number of hydrogen-bond acceptors (Lipinski definition) is 1. The summed E-state index contributed by atoms with van der Waals surface area (Å²) in [5, 5.41) is 2.78. The first-order chi connectivity index (χ1) is 7.92. The number of nitrogens with zero attached hydrogens (tertiary/aromatic N) is 1. The second-order valence-electron chi connectivity index (χ2n) is 5.04. The molecule has 2 aromatic carbocycles. The molecule has 1 saturated heterocycles.